The van der Waals surface area contributed by atoms with Gasteiger partial charge in [-0.15, -0.1) is 0 Å². The largest absolute Gasteiger partial charge is 0.435 e. The molecule has 2 rings (SSSR count). The number of benzene rings is 1. The van der Waals surface area contributed by atoms with Crippen LogP contribution in [0.15, 0.2) is 24.3 Å². The molecule has 4 nitrogen and oxygen atoms in total. The second kappa shape index (κ2) is 6.17. The quantitative estimate of drug-likeness (QED) is 0.873. The number of carbonyl (C=O) groups is 1. The van der Waals surface area contributed by atoms with Crippen LogP contribution in [0.2, 0.25) is 0 Å². The predicted octanol–water partition coefficient (Wildman–Crippen LogP) is 2.89. The minimum Gasteiger partial charge on any atom is -0.435 e. The van der Waals surface area contributed by atoms with E-state index in [1.165, 1.54) is 12.1 Å². The summed E-state index contributed by atoms with van der Waals surface area (Å²) >= 11 is 0. The third-order valence-electron chi connectivity index (χ3n) is 3.45. The van der Waals surface area contributed by atoms with Gasteiger partial charge in [0.25, 0.3) is 0 Å². The molecule has 0 aliphatic heterocycles. The minimum absolute atomic E-state index is 0.0149. The van der Waals surface area contributed by atoms with Gasteiger partial charge in [0.1, 0.15) is 5.75 Å². The van der Waals surface area contributed by atoms with Gasteiger partial charge < -0.3 is 15.8 Å². The number of hydrogen-bond donors (Lipinski definition) is 2. The highest BCUT2D eigenvalue weighted by atomic mass is 19.3. The zero-order chi connectivity index (χ0) is 14.6. The molecule has 0 spiro atoms. The van der Waals surface area contributed by atoms with Crippen molar-refractivity contribution in [3.8, 4) is 5.75 Å². The van der Waals surface area contributed by atoms with Crippen LogP contribution >= 0.6 is 0 Å². The fourth-order valence-corrected chi connectivity index (χ4v) is 2.53. The SMILES string of the molecule is NC1(CC(=O)Nc2cccc(OC(F)F)c2)CCCC1. The molecule has 1 aliphatic carbocycles. The van der Waals surface area contributed by atoms with Crippen LogP contribution in [0.3, 0.4) is 0 Å². The molecule has 1 fully saturated rings. The van der Waals surface area contributed by atoms with Crippen LogP contribution in [-0.4, -0.2) is 18.1 Å². The van der Waals surface area contributed by atoms with Crippen molar-refractivity contribution >= 4 is 11.6 Å². The van der Waals surface area contributed by atoms with Crippen LogP contribution in [0.25, 0.3) is 0 Å². The lowest BCUT2D eigenvalue weighted by Gasteiger charge is -2.22. The smallest absolute Gasteiger partial charge is 0.387 e. The Hall–Kier alpha value is -1.69. The zero-order valence-corrected chi connectivity index (χ0v) is 11.1. The Kier molecular flexibility index (Phi) is 4.54. The molecule has 0 aromatic heterocycles. The number of amides is 1. The number of hydrogen-bond acceptors (Lipinski definition) is 3. The summed E-state index contributed by atoms with van der Waals surface area (Å²) in [5.41, 5.74) is 6.12. The number of anilines is 1. The molecule has 1 aromatic rings. The van der Waals surface area contributed by atoms with Crippen LogP contribution in [0.5, 0.6) is 5.75 Å². The van der Waals surface area contributed by atoms with E-state index in [0.717, 1.165) is 25.7 Å². The van der Waals surface area contributed by atoms with Crippen molar-refractivity contribution in [3.63, 3.8) is 0 Å². The summed E-state index contributed by atoms with van der Waals surface area (Å²) in [6, 6.07) is 5.93. The van der Waals surface area contributed by atoms with E-state index in [2.05, 4.69) is 10.1 Å². The molecular weight excluding hydrogens is 266 g/mol. The van der Waals surface area contributed by atoms with Gasteiger partial charge in [-0.25, -0.2) is 0 Å². The average Bonchev–Trinajstić information content (AvgIpc) is 2.74. The van der Waals surface area contributed by atoms with Gasteiger partial charge in [-0.2, -0.15) is 8.78 Å². The Balaban J connectivity index is 1.93. The van der Waals surface area contributed by atoms with Crippen LogP contribution in [-0.2, 0) is 4.79 Å². The number of nitrogens with two attached hydrogens (primary N) is 1. The highest BCUT2D eigenvalue weighted by Gasteiger charge is 2.31. The Labute approximate surface area is 116 Å². The molecule has 1 aliphatic rings. The summed E-state index contributed by atoms with van der Waals surface area (Å²) in [7, 11) is 0. The lowest BCUT2D eigenvalue weighted by molar-refractivity contribution is -0.117. The van der Waals surface area contributed by atoms with E-state index in [-0.39, 0.29) is 18.1 Å². The van der Waals surface area contributed by atoms with Crippen molar-refractivity contribution in [1.82, 2.24) is 0 Å². The number of nitrogens with one attached hydrogen (secondary N) is 1. The van der Waals surface area contributed by atoms with Gasteiger partial charge in [-0.3, -0.25) is 4.79 Å². The molecule has 1 amide bonds. The molecule has 0 saturated heterocycles. The normalized spacial score (nSPS) is 17.2. The third kappa shape index (κ3) is 4.16. The Bertz CT molecular complexity index is 474. The molecule has 3 N–H and O–H groups in total. The minimum atomic E-state index is -2.88. The fraction of sp³-hybridized carbons (Fsp3) is 0.500. The van der Waals surface area contributed by atoms with Gasteiger partial charge in [0.2, 0.25) is 5.91 Å². The average molecular weight is 284 g/mol. The first kappa shape index (κ1) is 14.7. The van der Waals surface area contributed by atoms with E-state index in [9.17, 15) is 13.6 Å². The van der Waals surface area contributed by atoms with Gasteiger partial charge in [0, 0.05) is 23.7 Å². The molecule has 0 unspecified atom stereocenters. The van der Waals surface area contributed by atoms with Gasteiger partial charge in [-0.05, 0) is 25.0 Å². The molecule has 1 aromatic carbocycles. The summed E-state index contributed by atoms with van der Waals surface area (Å²) in [4.78, 5) is 11.9. The molecule has 1 saturated carbocycles. The van der Waals surface area contributed by atoms with Crippen molar-refractivity contribution in [3.05, 3.63) is 24.3 Å². The van der Waals surface area contributed by atoms with Gasteiger partial charge in [-0.1, -0.05) is 18.9 Å². The summed E-state index contributed by atoms with van der Waals surface area (Å²) in [5.74, 6) is -0.190. The predicted molar refractivity (Wildman–Crippen MR) is 71.7 cm³/mol. The molecule has 0 radical (unpaired) electrons. The maximum Gasteiger partial charge on any atom is 0.387 e. The third-order valence-corrected chi connectivity index (χ3v) is 3.45. The number of carbonyl (C=O) groups excluding carboxylic acids is 1. The first-order valence-electron chi connectivity index (χ1n) is 6.60. The lowest BCUT2D eigenvalue weighted by atomic mass is 9.94. The number of alkyl halides is 2. The van der Waals surface area contributed by atoms with E-state index in [1.54, 1.807) is 12.1 Å². The molecule has 0 heterocycles. The van der Waals surface area contributed by atoms with Crippen LogP contribution in [0.1, 0.15) is 32.1 Å². The summed E-state index contributed by atoms with van der Waals surface area (Å²) in [6.07, 6.45) is 4.01. The summed E-state index contributed by atoms with van der Waals surface area (Å²) in [5, 5.41) is 2.66. The molecule has 20 heavy (non-hydrogen) atoms. The Morgan fingerprint density at radius 3 is 2.75 bits per heavy atom. The van der Waals surface area contributed by atoms with Crippen LogP contribution in [0, 0.1) is 0 Å². The van der Waals surface area contributed by atoms with Crippen molar-refractivity contribution in [2.24, 2.45) is 5.73 Å². The summed E-state index contributed by atoms with van der Waals surface area (Å²) < 4.78 is 28.5. The van der Waals surface area contributed by atoms with Gasteiger partial charge >= 0.3 is 6.61 Å². The topological polar surface area (TPSA) is 64.4 Å². The van der Waals surface area contributed by atoms with E-state index in [0.29, 0.717) is 5.69 Å². The van der Waals surface area contributed by atoms with E-state index < -0.39 is 12.2 Å². The first-order chi connectivity index (χ1) is 9.47. The van der Waals surface area contributed by atoms with Crippen LogP contribution in [0.4, 0.5) is 14.5 Å². The van der Waals surface area contributed by atoms with Crippen molar-refractivity contribution < 1.29 is 18.3 Å². The highest BCUT2D eigenvalue weighted by molar-refractivity contribution is 5.91. The number of rotatable bonds is 5. The van der Waals surface area contributed by atoms with E-state index in [1.807, 2.05) is 0 Å². The monoisotopic (exact) mass is 284 g/mol. The molecule has 0 bridgehead atoms. The Morgan fingerprint density at radius 1 is 1.40 bits per heavy atom. The second-order valence-electron chi connectivity index (χ2n) is 5.20. The number of halogens is 2. The highest BCUT2D eigenvalue weighted by Crippen LogP contribution is 2.30. The fourth-order valence-electron chi connectivity index (χ4n) is 2.53. The van der Waals surface area contributed by atoms with Crippen LogP contribution < -0.4 is 15.8 Å². The molecule has 6 heteroatoms. The van der Waals surface area contributed by atoms with E-state index >= 15 is 0 Å². The maximum atomic E-state index is 12.1. The first-order valence-corrected chi connectivity index (χ1v) is 6.60. The summed E-state index contributed by atoms with van der Waals surface area (Å²) in [6.45, 7) is -2.88. The number of ether oxygens (including phenoxy) is 1. The molecule has 0 atom stereocenters. The molecular formula is C14H18F2N2O2. The standard InChI is InChI=1S/C14H18F2N2O2/c15-13(16)20-11-5-3-4-10(8-11)18-12(19)9-14(17)6-1-2-7-14/h3-5,8,13H,1-2,6-7,9,17H2,(H,18,19). The second-order valence-corrected chi connectivity index (χ2v) is 5.20. The lowest BCUT2D eigenvalue weighted by Crippen LogP contribution is -2.40. The van der Waals surface area contributed by atoms with Crippen molar-refractivity contribution in [2.75, 3.05) is 5.32 Å². The molecule has 110 valence electrons. The zero-order valence-electron chi connectivity index (χ0n) is 11.1. The van der Waals surface area contributed by atoms with E-state index in [4.69, 9.17) is 5.73 Å². The Morgan fingerprint density at radius 2 is 2.10 bits per heavy atom. The maximum absolute atomic E-state index is 12.1. The van der Waals surface area contributed by atoms with Gasteiger partial charge in [0.05, 0.1) is 0 Å². The van der Waals surface area contributed by atoms with Gasteiger partial charge in [0.15, 0.2) is 0 Å². The van der Waals surface area contributed by atoms with Crippen molar-refractivity contribution in [1.29, 1.82) is 0 Å². The van der Waals surface area contributed by atoms with Crippen molar-refractivity contribution in [2.45, 2.75) is 44.3 Å².